The maximum atomic E-state index is 13.1. The second kappa shape index (κ2) is 6.75. The molecule has 0 saturated heterocycles. The van der Waals surface area contributed by atoms with Gasteiger partial charge in [-0.05, 0) is 36.8 Å². The zero-order chi connectivity index (χ0) is 17.9. The lowest BCUT2D eigenvalue weighted by Crippen LogP contribution is -2.10. The predicted molar refractivity (Wildman–Crippen MR) is 97.6 cm³/mol. The standard InChI is InChI=1S/C18H16FN7/c1-11(12-5-3-2-4-6-12)20-18-22-16(15-17(23-18)25-26-24-15)21-14-9-7-13(19)8-10-14/h2-11H,1H3,(H3,20,21,22,23,24,25,26)/t11-/m1/s1. The average Bonchev–Trinajstić information content (AvgIpc) is 3.13. The van der Waals surface area contributed by atoms with Gasteiger partial charge in [-0.3, -0.25) is 0 Å². The number of rotatable bonds is 5. The zero-order valence-electron chi connectivity index (χ0n) is 13.9. The molecular weight excluding hydrogens is 333 g/mol. The highest BCUT2D eigenvalue weighted by Gasteiger charge is 2.14. The molecule has 0 aliphatic carbocycles. The molecule has 0 aliphatic rings. The van der Waals surface area contributed by atoms with Crippen molar-refractivity contribution in [3.8, 4) is 0 Å². The Hall–Kier alpha value is -3.55. The lowest BCUT2D eigenvalue weighted by Gasteiger charge is -2.15. The van der Waals surface area contributed by atoms with Gasteiger partial charge in [-0.2, -0.15) is 20.3 Å². The Morgan fingerprint density at radius 1 is 0.962 bits per heavy atom. The first-order chi connectivity index (χ1) is 12.7. The van der Waals surface area contributed by atoms with Crippen molar-refractivity contribution >= 4 is 28.6 Å². The summed E-state index contributed by atoms with van der Waals surface area (Å²) in [5.74, 6) is 0.606. The van der Waals surface area contributed by atoms with Gasteiger partial charge in [0.2, 0.25) is 11.6 Å². The Bertz CT molecular complexity index is 1010. The summed E-state index contributed by atoms with van der Waals surface area (Å²) in [7, 11) is 0. The fourth-order valence-electron chi connectivity index (χ4n) is 2.59. The average molecular weight is 349 g/mol. The lowest BCUT2D eigenvalue weighted by atomic mass is 10.1. The highest BCUT2D eigenvalue weighted by molar-refractivity contribution is 5.85. The highest BCUT2D eigenvalue weighted by Crippen LogP contribution is 2.24. The maximum Gasteiger partial charge on any atom is 0.227 e. The summed E-state index contributed by atoms with van der Waals surface area (Å²) in [6.45, 7) is 2.03. The summed E-state index contributed by atoms with van der Waals surface area (Å²) in [5, 5.41) is 17.1. The van der Waals surface area contributed by atoms with Crippen LogP contribution >= 0.6 is 0 Å². The minimum absolute atomic E-state index is 0.0132. The Labute approximate surface area is 148 Å². The fourth-order valence-corrected chi connectivity index (χ4v) is 2.59. The van der Waals surface area contributed by atoms with Gasteiger partial charge in [0.05, 0.1) is 6.04 Å². The van der Waals surface area contributed by atoms with Gasteiger partial charge in [0.15, 0.2) is 11.3 Å². The molecule has 7 nitrogen and oxygen atoms in total. The number of H-pyrrole nitrogens is 1. The smallest absolute Gasteiger partial charge is 0.227 e. The van der Waals surface area contributed by atoms with E-state index in [9.17, 15) is 4.39 Å². The zero-order valence-corrected chi connectivity index (χ0v) is 13.9. The van der Waals surface area contributed by atoms with Crippen molar-refractivity contribution in [2.75, 3.05) is 10.6 Å². The molecule has 4 aromatic rings. The van der Waals surface area contributed by atoms with Crippen LogP contribution in [-0.4, -0.2) is 25.4 Å². The summed E-state index contributed by atoms with van der Waals surface area (Å²) in [6, 6.07) is 16.0. The molecule has 0 aliphatic heterocycles. The number of aromatic amines is 1. The highest BCUT2D eigenvalue weighted by atomic mass is 19.1. The van der Waals surface area contributed by atoms with Gasteiger partial charge >= 0.3 is 0 Å². The quantitative estimate of drug-likeness (QED) is 0.507. The van der Waals surface area contributed by atoms with Crippen LogP contribution in [0.5, 0.6) is 0 Å². The van der Waals surface area contributed by atoms with Gasteiger partial charge < -0.3 is 10.6 Å². The van der Waals surface area contributed by atoms with E-state index < -0.39 is 0 Å². The van der Waals surface area contributed by atoms with E-state index in [2.05, 4.69) is 36.0 Å². The van der Waals surface area contributed by atoms with Crippen molar-refractivity contribution in [2.24, 2.45) is 0 Å². The summed E-state index contributed by atoms with van der Waals surface area (Å²) >= 11 is 0. The molecule has 26 heavy (non-hydrogen) atoms. The molecule has 2 heterocycles. The van der Waals surface area contributed by atoms with E-state index in [0.717, 1.165) is 5.56 Å². The summed E-state index contributed by atoms with van der Waals surface area (Å²) < 4.78 is 13.1. The van der Waals surface area contributed by atoms with Gasteiger partial charge in [0, 0.05) is 5.69 Å². The topological polar surface area (TPSA) is 91.4 Å². The minimum Gasteiger partial charge on any atom is -0.348 e. The second-order valence-corrected chi connectivity index (χ2v) is 5.80. The van der Waals surface area contributed by atoms with E-state index >= 15 is 0 Å². The molecule has 0 bridgehead atoms. The number of benzene rings is 2. The van der Waals surface area contributed by atoms with Crippen molar-refractivity contribution < 1.29 is 4.39 Å². The summed E-state index contributed by atoms with van der Waals surface area (Å²) in [5.41, 5.74) is 2.75. The van der Waals surface area contributed by atoms with Gasteiger partial charge in [0.1, 0.15) is 5.82 Å². The number of nitrogens with zero attached hydrogens (tertiary/aromatic N) is 4. The number of nitrogens with one attached hydrogen (secondary N) is 3. The van der Waals surface area contributed by atoms with E-state index in [4.69, 9.17) is 0 Å². The van der Waals surface area contributed by atoms with Crippen molar-refractivity contribution in [1.29, 1.82) is 0 Å². The lowest BCUT2D eigenvalue weighted by molar-refractivity contribution is 0.628. The number of fused-ring (bicyclic) bond motifs is 1. The molecule has 4 rings (SSSR count). The minimum atomic E-state index is -0.302. The van der Waals surface area contributed by atoms with Crippen LogP contribution in [0.3, 0.4) is 0 Å². The van der Waals surface area contributed by atoms with Crippen LogP contribution in [-0.2, 0) is 0 Å². The monoisotopic (exact) mass is 349 g/mol. The molecule has 8 heteroatoms. The van der Waals surface area contributed by atoms with Gasteiger partial charge in [-0.1, -0.05) is 30.3 Å². The number of halogens is 1. The molecular formula is C18H16FN7. The Morgan fingerprint density at radius 3 is 2.50 bits per heavy atom. The largest absolute Gasteiger partial charge is 0.348 e. The Kier molecular flexibility index (Phi) is 4.14. The third-order valence-electron chi connectivity index (χ3n) is 3.94. The Balaban J connectivity index is 1.65. The molecule has 130 valence electrons. The van der Waals surface area contributed by atoms with Crippen LogP contribution in [0, 0.1) is 5.82 Å². The molecule has 0 saturated carbocycles. The van der Waals surface area contributed by atoms with E-state index in [-0.39, 0.29) is 11.9 Å². The molecule has 0 radical (unpaired) electrons. The fraction of sp³-hybridized carbons (Fsp3) is 0.111. The third kappa shape index (κ3) is 3.30. The number of anilines is 3. The normalized spacial score (nSPS) is 12.1. The number of hydrogen-bond donors (Lipinski definition) is 3. The van der Waals surface area contributed by atoms with E-state index in [1.54, 1.807) is 12.1 Å². The number of hydrogen-bond acceptors (Lipinski definition) is 6. The predicted octanol–water partition coefficient (Wildman–Crippen LogP) is 3.80. The van der Waals surface area contributed by atoms with E-state index in [0.29, 0.717) is 28.6 Å². The molecule has 3 N–H and O–H groups in total. The van der Waals surface area contributed by atoms with Crippen LogP contribution in [0.4, 0.5) is 21.8 Å². The summed E-state index contributed by atoms with van der Waals surface area (Å²) in [6.07, 6.45) is 0. The summed E-state index contributed by atoms with van der Waals surface area (Å²) in [4.78, 5) is 8.90. The Morgan fingerprint density at radius 2 is 1.73 bits per heavy atom. The molecule has 0 unspecified atom stereocenters. The van der Waals surface area contributed by atoms with E-state index in [1.807, 2.05) is 37.3 Å². The first kappa shape index (κ1) is 15.9. The van der Waals surface area contributed by atoms with Crippen LogP contribution in [0.2, 0.25) is 0 Å². The van der Waals surface area contributed by atoms with Crippen LogP contribution < -0.4 is 10.6 Å². The van der Waals surface area contributed by atoms with Crippen molar-refractivity contribution in [3.63, 3.8) is 0 Å². The van der Waals surface area contributed by atoms with Crippen LogP contribution in [0.25, 0.3) is 11.2 Å². The van der Waals surface area contributed by atoms with Gasteiger partial charge in [0.25, 0.3) is 0 Å². The van der Waals surface area contributed by atoms with Crippen molar-refractivity contribution in [1.82, 2.24) is 25.4 Å². The molecule has 2 aromatic carbocycles. The van der Waals surface area contributed by atoms with Crippen molar-refractivity contribution in [2.45, 2.75) is 13.0 Å². The second-order valence-electron chi connectivity index (χ2n) is 5.80. The third-order valence-corrected chi connectivity index (χ3v) is 3.94. The van der Waals surface area contributed by atoms with Gasteiger partial charge in [-0.15, -0.1) is 5.10 Å². The first-order valence-corrected chi connectivity index (χ1v) is 8.11. The molecule has 1 atom stereocenters. The number of aromatic nitrogens is 5. The van der Waals surface area contributed by atoms with Crippen LogP contribution in [0.1, 0.15) is 18.5 Å². The molecule has 0 spiro atoms. The molecule has 0 amide bonds. The van der Waals surface area contributed by atoms with Crippen molar-refractivity contribution in [3.05, 3.63) is 66.0 Å². The first-order valence-electron chi connectivity index (χ1n) is 8.11. The SMILES string of the molecule is C[C@@H](Nc1nc(Nc2ccc(F)cc2)c2n[nH]nc2n1)c1ccccc1. The molecule has 0 fully saturated rings. The van der Waals surface area contributed by atoms with E-state index in [1.165, 1.54) is 12.1 Å². The molecule has 2 aromatic heterocycles. The van der Waals surface area contributed by atoms with Crippen LogP contribution in [0.15, 0.2) is 54.6 Å². The maximum absolute atomic E-state index is 13.1. The van der Waals surface area contributed by atoms with Gasteiger partial charge in [-0.25, -0.2) is 4.39 Å².